The molecule has 3 rings (SSSR count). The lowest BCUT2D eigenvalue weighted by Crippen LogP contribution is -2.28. The highest BCUT2D eigenvalue weighted by molar-refractivity contribution is 7.66. The van der Waals surface area contributed by atoms with Gasteiger partial charge in [-0.05, 0) is 110 Å². The smallest absolute Gasteiger partial charge is 0.0538 e. The Labute approximate surface area is 289 Å². The van der Waals surface area contributed by atoms with Crippen LogP contribution < -0.4 is 20.8 Å². The van der Waals surface area contributed by atoms with Gasteiger partial charge < -0.3 is 4.90 Å². The topological polar surface area (TPSA) is 3.24 Å². The van der Waals surface area contributed by atoms with Crippen molar-refractivity contribution in [2.45, 2.75) is 119 Å². The lowest BCUT2D eigenvalue weighted by molar-refractivity contribution is 0.870. The number of nitrogens with zero attached hydrogens (tertiary/aromatic N) is 1. The molecule has 0 amide bonds. The number of rotatable bonds is 24. The van der Waals surface area contributed by atoms with E-state index in [2.05, 4.69) is 119 Å². The summed E-state index contributed by atoms with van der Waals surface area (Å²) in [5.74, 6) is 0. The Kier molecular flexibility index (Phi) is 19.7. The molecular weight excluding hydrogens is 611 g/mol. The van der Waals surface area contributed by atoms with Crippen LogP contribution in [0.4, 0.5) is 17.1 Å². The van der Waals surface area contributed by atoms with Gasteiger partial charge in [0.25, 0.3) is 0 Å². The monoisotopic (exact) mass is 677 g/mol. The van der Waals surface area contributed by atoms with Crippen LogP contribution in [0, 0.1) is 0 Å². The van der Waals surface area contributed by atoms with Crippen molar-refractivity contribution in [3.8, 4) is 0 Å². The molecule has 0 radical (unpaired) electrons. The quantitative estimate of drug-likeness (QED) is 0.0853. The van der Waals surface area contributed by atoms with Gasteiger partial charge in [0.1, 0.15) is 0 Å². The van der Waals surface area contributed by atoms with Crippen molar-refractivity contribution in [2.75, 3.05) is 41.9 Å². The van der Waals surface area contributed by atoms with Crippen LogP contribution in [0.25, 0.3) is 0 Å². The first kappa shape index (κ1) is 39.2. The zero-order chi connectivity index (χ0) is 33.0. The Bertz CT molecular complexity index is 1050. The molecule has 0 spiro atoms. The van der Waals surface area contributed by atoms with E-state index >= 15 is 0 Å². The van der Waals surface area contributed by atoms with Gasteiger partial charge in [-0.15, -0.1) is 0 Å². The summed E-state index contributed by atoms with van der Waals surface area (Å²) in [7, 11) is -0.660. The Hall–Kier alpha value is -1.25. The summed E-state index contributed by atoms with van der Waals surface area (Å²) in [6, 6.07) is 28.9. The van der Waals surface area contributed by atoms with Crippen molar-refractivity contribution < 1.29 is 0 Å². The van der Waals surface area contributed by atoms with Crippen LogP contribution in [-0.4, -0.2) is 37.0 Å². The third-order valence-electron chi connectivity index (χ3n) is 9.08. The highest BCUT2D eigenvalue weighted by Gasteiger charge is 2.27. The molecule has 0 unspecified atom stereocenters. The molecule has 0 N–H and O–H groups in total. The highest BCUT2D eigenvalue weighted by Crippen LogP contribution is 2.49. The molecule has 3 aromatic carbocycles. The normalized spacial score (nSPS) is 11.7. The number of benzene rings is 3. The second-order valence-corrected chi connectivity index (χ2v) is 20.3. The molecule has 0 aromatic heterocycles. The van der Waals surface area contributed by atoms with Gasteiger partial charge in [-0.1, -0.05) is 158 Å². The zero-order valence-electron chi connectivity index (χ0n) is 30.4. The predicted molar refractivity (Wildman–Crippen MR) is 219 cm³/mol. The number of hydrogen-bond donors (Lipinski definition) is 0. The fourth-order valence-electron chi connectivity index (χ4n) is 6.30. The van der Waals surface area contributed by atoms with Gasteiger partial charge in [0.05, 0.1) is 17.1 Å². The Balaban J connectivity index is 2.34. The molecule has 0 aliphatic rings. The maximum atomic E-state index is 2.80. The van der Waals surface area contributed by atoms with E-state index in [4.69, 9.17) is 0 Å². The summed E-state index contributed by atoms with van der Waals surface area (Å²) in [4.78, 5) is 2.80. The molecule has 1 nitrogen and oxygen atoms in total. The largest absolute Gasteiger partial charge is 0.309 e. The lowest BCUT2D eigenvalue weighted by atomic mass is 10.2. The molecule has 0 saturated carbocycles. The fourth-order valence-corrected chi connectivity index (χ4v) is 15.0. The van der Waals surface area contributed by atoms with E-state index in [0.29, 0.717) is 0 Å². The molecule has 0 aliphatic carbocycles. The summed E-state index contributed by atoms with van der Waals surface area (Å²) in [5, 5.41) is 4.88. The number of unbranched alkanes of at least 4 members (excludes halogenated alkanes) is 6. The second kappa shape index (κ2) is 23.2. The highest BCUT2D eigenvalue weighted by atomic mass is 31.1. The van der Waals surface area contributed by atoms with Crippen LogP contribution in [0.2, 0.25) is 0 Å². The van der Waals surface area contributed by atoms with Gasteiger partial charge in [-0.2, -0.15) is 0 Å². The maximum absolute atomic E-state index is 2.80. The van der Waals surface area contributed by atoms with Crippen LogP contribution in [0.15, 0.2) is 72.8 Å². The van der Waals surface area contributed by atoms with E-state index in [1.807, 2.05) is 0 Å². The molecule has 254 valence electrons. The van der Waals surface area contributed by atoms with Crippen molar-refractivity contribution in [3.63, 3.8) is 0 Å². The molecule has 0 saturated heterocycles. The van der Waals surface area contributed by atoms with Crippen molar-refractivity contribution in [3.05, 3.63) is 72.8 Å². The number of hydrogen-bond acceptors (Lipinski definition) is 1. The molecule has 0 aliphatic heterocycles. The predicted octanol–water partition coefficient (Wildman–Crippen LogP) is 13.3. The van der Waals surface area contributed by atoms with Gasteiger partial charge in [-0.3, -0.25) is 0 Å². The van der Waals surface area contributed by atoms with Crippen LogP contribution in [0.1, 0.15) is 119 Å². The van der Waals surface area contributed by atoms with Crippen LogP contribution in [-0.2, 0) is 0 Å². The number of anilines is 3. The summed E-state index contributed by atoms with van der Waals surface area (Å²) < 4.78 is 0. The molecule has 46 heavy (non-hydrogen) atoms. The first-order valence-corrected chi connectivity index (χ1v) is 24.1. The SMILES string of the molecule is CCCCP(CCCC)c1ccccc1N(c1ccccc1P(CCCC)CCCC)c1ccccc1P(CCCC)CCCC. The molecule has 4 heteroatoms. The van der Waals surface area contributed by atoms with E-state index in [-0.39, 0.29) is 23.8 Å². The van der Waals surface area contributed by atoms with Crippen LogP contribution in [0.5, 0.6) is 0 Å². The fraction of sp³-hybridized carbons (Fsp3) is 0.571. The Morgan fingerprint density at radius 1 is 0.348 bits per heavy atom. The third-order valence-corrected chi connectivity index (χ3v) is 17.4. The summed E-state index contributed by atoms with van der Waals surface area (Å²) in [6.45, 7) is 14.2. The van der Waals surface area contributed by atoms with Crippen molar-refractivity contribution >= 4 is 56.7 Å². The molecule has 0 fully saturated rings. The van der Waals surface area contributed by atoms with E-state index in [9.17, 15) is 0 Å². The van der Waals surface area contributed by atoms with Crippen LogP contribution in [0.3, 0.4) is 0 Å². The minimum absolute atomic E-state index is 0.220. The molecule has 0 atom stereocenters. The van der Waals surface area contributed by atoms with E-state index in [1.54, 1.807) is 15.9 Å². The van der Waals surface area contributed by atoms with Gasteiger partial charge in [-0.25, -0.2) is 0 Å². The van der Waals surface area contributed by atoms with Gasteiger partial charge in [0.15, 0.2) is 0 Å². The summed E-state index contributed by atoms with van der Waals surface area (Å²) in [5.41, 5.74) is 4.38. The standard InChI is InChI=1S/C42H66NP3/c1-7-13-31-44(32-14-8-2)40-28-22-19-25-37(40)43(38-26-20-23-29-41(38)45(33-15-9-3)34-16-10-4)39-27-21-24-30-42(39)46(35-17-11-5)36-18-12-6/h19-30H,7-18,31-36H2,1-6H3. The average Bonchev–Trinajstić information content (AvgIpc) is 3.10. The minimum atomic E-state index is -0.220. The first-order valence-electron chi connectivity index (χ1n) is 19.0. The van der Waals surface area contributed by atoms with Gasteiger partial charge in [0, 0.05) is 0 Å². The molecule has 3 aromatic rings. The van der Waals surface area contributed by atoms with Crippen molar-refractivity contribution in [1.82, 2.24) is 0 Å². The van der Waals surface area contributed by atoms with E-state index < -0.39 is 0 Å². The second-order valence-electron chi connectivity index (χ2n) is 12.9. The Morgan fingerprint density at radius 3 is 0.783 bits per heavy atom. The molecule has 0 heterocycles. The third kappa shape index (κ3) is 11.7. The van der Waals surface area contributed by atoms with Crippen LogP contribution >= 0.6 is 23.8 Å². The molecule has 0 bridgehead atoms. The van der Waals surface area contributed by atoms with Gasteiger partial charge in [0.2, 0.25) is 0 Å². The maximum Gasteiger partial charge on any atom is 0.0538 e. The van der Waals surface area contributed by atoms with Crippen molar-refractivity contribution in [1.29, 1.82) is 0 Å². The Morgan fingerprint density at radius 2 is 0.565 bits per heavy atom. The average molecular weight is 678 g/mol. The van der Waals surface area contributed by atoms with Gasteiger partial charge >= 0.3 is 0 Å². The lowest BCUT2D eigenvalue weighted by Gasteiger charge is -2.36. The molecular formula is C42H66NP3. The number of para-hydroxylation sites is 3. The minimum Gasteiger partial charge on any atom is -0.309 e. The van der Waals surface area contributed by atoms with Crippen molar-refractivity contribution in [2.24, 2.45) is 0 Å². The summed E-state index contributed by atoms with van der Waals surface area (Å²) in [6.07, 6.45) is 23.7. The van der Waals surface area contributed by atoms with E-state index in [0.717, 1.165) is 0 Å². The summed E-state index contributed by atoms with van der Waals surface area (Å²) >= 11 is 0. The first-order chi connectivity index (χ1) is 22.6. The zero-order valence-corrected chi connectivity index (χ0v) is 33.1. The van der Waals surface area contributed by atoms with E-state index in [1.165, 1.54) is 131 Å².